The van der Waals surface area contributed by atoms with E-state index in [2.05, 4.69) is 5.32 Å². The van der Waals surface area contributed by atoms with Crippen molar-refractivity contribution in [2.75, 3.05) is 40.0 Å². The summed E-state index contributed by atoms with van der Waals surface area (Å²) < 4.78 is 23.3. The average molecular weight is 255 g/mol. The number of hydrogen-bond donors (Lipinski definition) is 1. The number of rotatable bonds is 9. The lowest BCUT2D eigenvalue weighted by molar-refractivity contribution is 0.130. The summed E-state index contributed by atoms with van der Waals surface area (Å²) in [5.41, 5.74) is 1.09. The number of nitrogens with one attached hydrogen (secondary N) is 1. The summed E-state index contributed by atoms with van der Waals surface area (Å²) in [7, 11) is 1.68. The minimum Gasteiger partial charge on any atom is -0.383 e. The monoisotopic (exact) mass is 255 g/mol. The third-order valence-corrected chi connectivity index (χ3v) is 2.74. The van der Waals surface area contributed by atoms with Gasteiger partial charge in [-0.25, -0.2) is 4.39 Å². The maximum absolute atomic E-state index is 12.9. The highest BCUT2D eigenvalue weighted by atomic mass is 19.1. The van der Waals surface area contributed by atoms with Crippen LogP contribution in [0.25, 0.3) is 0 Å². The first kappa shape index (κ1) is 15.1. The number of hydrogen-bond acceptors (Lipinski definition) is 3. The zero-order chi connectivity index (χ0) is 13.2. The molecule has 0 aliphatic rings. The molecule has 1 aromatic carbocycles. The van der Waals surface area contributed by atoms with Crippen molar-refractivity contribution in [2.45, 2.75) is 12.8 Å². The lowest BCUT2D eigenvalue weighted by atomic mass is 10.00. The van der Waals surface area contributed by atoms with Gasteiger partial charge in [-0.1, -0.05) is 12.1 Å². The van der Waals surface area contributed by atoms with Crippen LogP contribution in [0, 0.1) is 5.82 Å². The Morgan fingerprint density at radius 2 is 2.00 bits per heavy atom. The highest BCUT2D eigenvalue weighted by Crippen LogP contribution is 2.16. The largest absolute Gasteiger partial charge is 0.383 e. The van der Waals surface area contributed by atoms with Gasteiger partial charge >= 0.3 is 0 Å². The van der Waals surface area contributed by atoms with Crippen molar-refractivity contribution in [2.24, 2.45) is 0 Å². The van der Waals surface area contributed by atoms with Crippen LogP contribution in [0.5, 0.6) is 0 Å². The van der Waals surface area contributed by atoms with E-state index in [1.54, 1.807) is 7.11 Å². The molecule has 1 rings (SSSR count). The fourth-order valence-corrected chi connectivity index (χ4v) is 1.72. The highest BCUT2D eigenvalue weighted by Gasteiger charge is 2.11. The van der Waals surface area contributed by atoms with Crippen molar-refractivity contribution >= 4 is 0 Å². The summed E-state index contributed by atoms with van der Waals surface area (Å²) in [5, 5.41) is 3.31. The number of methoxy groups -OCH3 is 1. The summed E-state index contributed by atoms with van der Waals surface area (Å²) in [4.78, 5) is 0. The van der Waals surface area contributed by atoms with Gasteiger partial charge in [-0.2, -0.15) is 0 Å². The Balaban J connectivity index is 2.51. The van der Waals surface area contributed by atoms with Crippen LogP contribution in [0.1, 0.15) is 18.4 Å². The second kappa shape index (κ2) is 9.03. The molecule has 0 spiro atoms. The van der Waals surface area contributed by atoms with E-state index < -0.39 is 0 Å². The Hall–Kier alpha value is -0.970. The summed E-state index contributed by atoms with van der Waals surface area (Å²) >= 11 is 0. The Bertz CT molecular complexity index is 316. The Morgan fingerprint density at radius 1 is 1.28 bits per heavy atom. The van der Waals surface area contributed by atoms with Gasteiger partial charge in [0, 0.05) is 32.7 Å². The van der Waals surface area contributed by atoms with E-state index in [-0.39, 0.29) is 11.7 Å². The van der Waals surface area contributed by atoms with E-state index in [9.17, 15) is 4.39 Å². The molecule has 0 radical (unpaired) electrons. The fourth-order valence-electron chi connectivity index (χ4n) is 1.72. The van der Waals surface area contributed by atoms with E-state index >= 15 is 0 Å². The van der Waals surface area contributed by atoms with Crippen molar-refractivity contribution in [3.63, 3.8) is 0 Å². The van der Waals surface area contributed by atoms with Crippen LogP contribution in [-0.4, -0.2) is 40.0 Å². The topological polar surface area (TPSA) is 30.5 Å². The van der Waals surface area contributed by atoms with Crippen molar-refractivity contribution < 1.29 is 13.9 Å². The molecule has 4 heteroatoms. The zero-order valence-corrected chi connectivity index (χ0v) is 11.1. The van der Waals surface area contributed by atoms with E-state index in [0.717, 1.165) is 18.7 Å². The van der Waals surface area contributed by atoms with Crippen LogP contribution >= 0.6 is 0 Å². The standard InChI is InChI=1S/C14H22FNO2/c1-3-18-11-13(10-16-8-9-17-2)12-4-6-14(15)7-5-12/h4-7,13,16H,3,8-11H2,1-2H3. The predicted molar refractivity (Wildman–Crippen MR) is 70.4 cm³/mol. The fraction of sp³-hybridized carbons (Fsp3) is 0.571. The molecule has 1 atom stereocenters. The second-order valence-electron chi connectivity index (χ2n) is 4.10. The van der Waals surface area contributed by atoms with Crippen molar-refractivity contribution in [3.05, 3.63) is 35.6 Å². The van der Waals surface area contributed by atoms with Crippen LogP contribution in [0.2, 0.25) is 0 Å². The van der Waals surface area contributed by atoms with E-state index in [4.69, 9.17) is 9.47 Å². The maximum atomic E-state index is 12.9. The average Bonchev–Trinajstić information content (AvgIpc) is 2.39. The minimum absolute atomic E-state index is 0.207. The third kappa shape index (κ3) is 5.58. The predicted octanol–water partition coefficient (Wildman–Crippen LogP) is 2.18. The summed E-state index contributed by atoms with van der Waals surface area (Å²) in [6.45, 7) is 5.60. The van der Waals surface area contributed by atoms with Gasteiger partial charge in [-0.05, 0) is 24.6 Å². The Morgan fingerprint density at radius 3 is 2.61 bits per heavy atom. The van der Waals surface area contributed by atoms with Gasteiger partial charge < -0.3 is 14.8 Å². The van der Waals surface area contributed by atoms with Gasteiger partial charge in [0.15, 0.2) is 0 Å². The Kier molecular flexibility index (Phi) is 7.57. The first-order valence-electron chi connectivity index (χ1n) is 6.30. The lowest BCUT2D eigenvalue weighted by Crippen LogP contribution is -2.27. The second-order valence-corrected chi connectivity index (χ2v) is 4.10. The molecule has 1 N–H and O–H groups in total. The van der Waals surface area contributed by atoms with Crippen LogP contribution in [0.3, 0.4) is 0 Å². The molecule has 0 aliphatic carbocycles. The third-order valence-electron chi connectivity index (χ3n) is 2.74. The van der Waals surface area contributed by atoms with E-state index in [1.165, 1.54) is 12.1 Å². The van der Waals surface area contributed by atoms with Gasteiger partial charge in [-0.3, -0.25) is 0 Å². The molecule has 0 aliphatic heterocycles. The lowest BCUT2D eigenvalue weighted by Gasteiger charge is -2.18. The molecule has 0 saturated heterocycles. The van der Waals surface area contributed by atoms with Gasteiger partial charge in [-0.15, -0.1) is 0 Å². The van der Waals surface area contributed by atoms with E-state index in [0.29, 0.717) is 19.8 Å². The molecule has 0 bridgehead atoms. The molecule has 1 aromatic rings. The first-order chi connectivity index (χ1) is 8.77. The number of ether oxygens (including phenoxy) is 2. The molecule has 0 fully saturated rings. The number of halogens is 1. The Labute approximate surface area is 108 Å². The molecule has 0 amide bonds. The molecule has 18 heavy (non-hydrogen) atoms. The van der Waals surface area contributed by atoms with Crippen LogP contribution in [0.15, 0.2) is 24.3 Å². The summed E-state index contributed by atoms with van der Waals surface area (Å²) in [6, 6.07) is 6.61. The number of benzene rings is 1. The molecule has 0 heterocycles. The van der Waals surface area contributed by atoms with Crippen LogP contribution in [-0.2, 0) is 9.47 Å². The molecular formula is C14H22FNO2. The smallest absolute Gasteiger partial charge is 0.123 e. The van der Waals surface area contributed by atoms with Gasteiger partial charge in [0.25, 0.3) is 0 Å². The van der Waals surface area contributed by atoms with Gasteiger partial charge in [0.05, 0.1) is 13.2 Å². The van der Waals surface area contributed by atoms with Gasteiger partial charge in [0.2, 0.25) is 0 Å². The molecule has 0 aromatic heterocycles. The normalized spacial score (nSPS) is 12.6. The minimum atomic E-state index is -0.207. The van der Waals surface area contributed by atoms with E-state index in [1.807, 2.05) is 19.1 Å². The molecular weight excluding hydrogens is 233 g/mol. The molecule has 102 valence electrons. The quantitative estimate of drug-likeness (QED) is 0.686. The first-order valence-corrected chi connectivity index (χ1v) is 6.30. The van der Waals surface area contributed by atoms with Crippen LogP contribution < -0.4 is 5.32 Å². The maximum Gasteiger partial charge on any atom is 0.123 e. The van der Waals surface area contributed by atoms with Crippen molar-refractivity contribution in [1.82, 2.24) is 5.32 Å². The SMILES string of the molecule is CCOCC(CNCCOC)c1ccc(F)cc1. The molecule has 3 nitrogen and oxygen atoms in total. The highest BCUT2D eigenvalue weighted by molar-refractivity contribution is 5.21. The summed E-state index contributed by atoms with van der Waals surface area (Å²) in [5.74, 6) is 0.0312. The zero-order valence-electron chi connectivity index (χ0n) is 11.1. The van der Waals surface area contributed by atoms with Crippen molar-refractivity contribution in [1.29, 1.82) is 0 Å². The molecule has 1 unspecified atom stereocenters. The van der Waals surface area contributed by atoms with Crippen molar-refractivity contribution in [3.8, 4) is 0 Å². The molecule has 0 saturated carbocycles. The summed E-state index contributed by atoms with van der Waals surface area (Å²) in [6.07, 6.45) is 0. The van der Waals surface area contributed by atoms with Crippen LogP contribution in [0.4, 0.5) is 4.39 Å². The van der Waals surface area contributed by atoms with Gasteiger partial charge in [0.1, 0.15) is 5.82 Å².